The Morgan fingerprint density at radius 3 is 0.671 bits per heavy atom. The van der Waals surface area contributed by atoms with E-state index in [1.54, 1.807) is 0 Å². The Bertz CT molecular complexity index is 2760. The molecule has 0 bridgehead atoms. The van der Waals surface area contributed by atoms with Crippen LogP contribution in [0.25, 0.3) is 0 Å². The summed E-state index contributed by atoms with van der Waals surface area (Å²) < 4.78 is 27.7. The number of benzene rings is 8. The Morgan fingerprint density at radius 1 is 0.271 bits per heavy atom. The monoisotopic (exact) mass is 1080 g/mol. The van der Waals surface area contributed by atoms with Crippen molar-refractivity contribution in [1.82, 2.24) is 0 Å². The summed E-state index contributed by atoms with van der Waals surface area (Å²) in [6.45, 7) is 16.8. The molecule has 0 unspecified atom stereocenters. The standard InChI is InChI=1S/C36H42B2O4Si.C24H18Br2Si/c1-33(2)34(3,4)40-37(39-33)27-19-23-31(24-20-27)43(29-15-11-9-12-16-29,30-17-13-10-14-18-30)32-25-21-28(22-26-32)38-41-35(5,6)36(7,8)42-38;25-19-11-15-23(16-12-19)27(21-7-3-1-4-8-21,22-9-5-2-6-10-22)24-17-13-20(26)14-18-24/h9-26H,1-8H3;1-18H. The highest BCUT2D eigenvalue weighted by Gasteiger charge is 2.53. The molecule has 0 radical (unpaired) electrons. The minimum atomic E-state index is -2.70. The Hall–Kier alpha value is -4.88. The predicted octanol–water partition coefficient (Wildman–Crippen LogP) is 8.25. The first-order chi connectivity index (χ1) is 33.5. The lowest BCUT2D eigenvalue weighted by Crippen LogP contribution is -2.75. The van der Waals surface area contributed by atoms with Crippen LogP contribution in [0.3, 0.4) is 0 Å². The van der Waals surface area contributed by atoms with Gasteiger partial charge in [0.05, 0.1) is 22.4 Å². The van der Waals surface area contributed by atoms with Gasteiger partial charge in [-0.3, -0.25) is 0 Å². The fourth-order valence-corrected chi connectivity index (χ4v) is 19.9. The highest BCUT2D eigenvalue weighted by Crippen LogP contribution is 2.37. The summed E-state index contributed by atoms with van der Waals surface area (Å²) in [5.74, 6) is 0. The van der Waals surface area contributed by atoms with Crippen molar-refractivity contribution in [3.63, 3.8) is 0 Å². The maximum Gasteiger partial charge on any atom is 0.494 e. The predicted molar refractivity (Wildman–Crippen MR) is 307 cm³/mol. The van der Waals surface area contributed by atoms with Gasteiger partial charge in [0, 0.05) is 8.95 Å². The molecular formula is C60H60B2Br2O4Si2. The van der Waals surface area contributed by atoms with E-state index in [-0.39, 0.29) is 22.4 Å². The first-order valence-corrected chi connectivity index (χ1v) is 29.7. The van der Waals surface area contributed by atoms with E-state index < -0.39 is 30.4 Å². The van der Waals surface area contributed by atoms with Crippen molar-refractivity contribution in [3.05, 3.63) is 227 Å². The van der Waals surface area contributed by atoms with Gasteiger partial charge < -0.3 is 18.6 Å². The molecule has 2 aliphatic rings. The second kappa shape index (κ2) is 20.0. The Balaban J connectivity index is 0.000000193. The van der Waals surface area contributed by atoms with E-state index in [1.807, 2.05) is 0 Å². The largest absolute Gasteiger partial charge is 0.494 e. The van der Waals surface area contributed by atoms with Crippen LogP contribution in [0.4, 0.5) is 0 Å². The molecule has 4 nitrogen and oxygen atoms in total. The summed E-state index contributed by atoms with van der Waals surface area (Å²) in [5, 5.41) is 10.8. The Labute approximate surface area is 435 Å². The van der Waals surface area contributed by atoms with E-state index in [0.29, 0.717) is 0 Å². The van der Waals surface area contributed by atoms with E-state index >= 15 is 0 Å². The zero-order valence-electron chi connectivity index (χ0n) is 41.3. The summed E-state index contributed by atoms with van der Waals surface area (Å²) >= 11 is 7.20. The molecule has 10 rings (SSSR count). The maximum absolute atomic E-state index is 6.39. The molecule has 70 heavy (non-hydrogen) atoms. The first-order valence-electron chi connectivity index (χ1n) is 24.1. The topological polar surface area (TPSA) is 36.9 Å². The van der Waals surface area contributed by atoms with Crippen LogP contribution >= 0.6 is 31.9 Å². The van der Waals surface area contributed by atoms with Gasteiger partial charge in [0.15, 0.2) is 16.1 Å². The summed E-state index contributed by atoms with van der Waals surface area (Å²) in [7, 11) is -5.89. The van der Waals surface area contributed by atoms with Crippen LogP contribution in [-0.2, 0) is 18.6 Å². The Kier molecular flexibility index (Phi) is 14.3. The molecule has 2 aliphatic heterocycles. The smallest absolute Gasteiger partial charge is 0.399 e. The number of halogens is 2. The van der Waals surface area contributed by atoms with E-state index in [1.165, 1.54) is 41.5 Å². The average Bonchev–Trinajstić information content (AvgIpc) is 3.74. The van der Waals surface area contributed by atoms with Crippen molar-refractivity contribution in [3.8, 4) is 0 Å². The lowest BCUT2D eigenvalue weighted by molar-refractivity contribution is 0.00578. The second-order valence-corrected chi connectivity index (χ2v) is 29.8. The molecule has 0 aromatic heterocycles. The molecule has 0 spiro atoms. The van der Waals surface area contributed by atoms with Crippen molar-refractivity contribution >= 4 is 115 Å². The van der Waals surface area contributed by atoms with Crippen molar-refractivity contribution in [2.75, 3.05) is 0 Å². The third kappa shape index (κ3) is 9.38. The molecule has 2 heterocycles. The van der Waals surface area contributed by atoms with Gasteiger partial charge in [-0.15, -0.1) is 0 Å². The molecule has 8 aromatic rings. The van der Waals surface area contributed by atoms with Crippen molar-refractivity contribution in [2.45, 2.75) is 77.8 Å². The van der Waals surface area contributed by atoms with Gasteiger partial charge in [0.2, 0.25) is 0 Å². The quantitative estimate of drug-likeness (QED) is 0.102. The third-order valence-electron chi connectivity index (χ3n) is 15.1. The molecule has 8 aromatic carbocycles. The van der Waals surface area contributed by atoms with Gasteiger partial charge in [-0.25, -0.2) is 0 Å². The van der Waals surface area contributed by atoms with Gasteiger partial charge >= 0.3 is 14.2 Å². The molecule has 2 fully saturated rings. The van der Waals surface area contributed by atoms with Crippen LogP contribution in [0, 0.1) is 0 Å². The van der Waals surface area contributed by atoms with Crippen LogP contribution < -0.4 is 52.4 Å². The van der Waals surface area contributed by atoms with Gasteiger partial charge in [0.25, 0.3) is 0 Å². The highest BCUT2D eigenvalue weighted by atomic mass is 79.9. The number of hydrogen-bond donors (Lipinski definition) is 0. The van der Waals surface area contributed by atoms with Crippen LogP contribution in [0.2, 0.25) is 0 Å². The van der Waals surface area contributed by atoms with E-state index in [9.17, 15) is 0 Å². The fourth-order valence-electron chi connectivity index (χ4n) is 9.89. The number of rotatable bonds is 10. The lowest BCUT2D eigenvalue weighted by Gasteiger charge is -2.34. The van der Waals surface area contributed by atoms with Crippen LogP contribution in [-0.4, -0.2) is 52.8 Å². The first kappa shape index (κ1) is 50.1. The molecule has 2 saturated heterocycles. The van der Waals surface area contributed by atoms with E-state index in [0.717, 1.165) is 19.9 Å². The van der Waals surface area contributed by atoms with Gasteiger partial charge in [-0.05, 0) is 132 Å². The van der Waals surface area contributed by atoms with E-state index in [4.69, 9.17) is 18.6 Å². The van der Waals surface area contributed by atoms with Gasteiger partial charge in [-0.2, -0.15) is 0 Å². The van der Waals surface area contributed by atoms with Crippen LogP contribution in [0.1, 0.15) is 55.4 Å². The molecule has 0 saturated carbocycles. The summed E-state index contributed by atoms with van der Waals surface area (Å²) in [4.78, 5) is 0. The summed E-state index contributed by atoms with van der Waals surface area (Å²) in [5.41, 5.74) is 0.512. The van der Waals surface area contributed by atoms with Crippen molar-refractivity contribution in [2.24, 2.45) is 0 Å². The minimum absolute atomic E-state index is 0.387. The van der Waals surface area contributed by atoms with Gasteiger partial charge in [-0.1, -0.05) is 226 Å². The maximum atomic E-state index is 6.39. The molecule has 0 aliphatic carbocycles. The lowest BCUT2D eigenvalue weighted by atomic mass is 9.79. The molecule has 0 N–H and O–H groups in total. The molecular weight excluding hydrogens is 1020 g/mol. The minimum Gasteiger partial charge on any atom is -0.399 e. The fraction of sp³-hybridized carbons (Fsp3) is 0.200. The zero-order chi connectivity index (χ0) is 49.4. The molecule has 352 valence electrons. The molecule has 0 atom stereocenters. The third-order valence-corrected chi connectivity index (χ3v) is 25.8. The number of hydrogen-bond acceptors (Lipinski definition) is 4. The van der Waals surface area contributed by atoms with Crippen molar-refractivity contribution in [1.29, 1.82) is 0 Å². The summed E-state index contributed by atoms with van der Waals surface area (Å²) in [6.07, 6.45) is 0. The SMILES string of the molecule is Brc1ccc([Si](c2ccccc2)(c2ccccc2)c2ccc(Br)cc2)cc1.CC1(C)OB(c2ccc([Si](c3ccccc3)(c3ccccc3)c3ccc(B4OC(C)(C)C(C)(C)O4)cc3)cc2)OC1(C)C. The van der Waals surface area contributed by atoms with E-state index in [2.05, 4.69) is 306 Å². The average molecular weight is 1080 g/mol. The van der Waals surface area contributed by atoms with Crippen molar-refractivity contribution < 1.29 is 18.6 Å². The van der Waals surface area contributed by atoms with Gasteiger partial charge in [0.1, 0.15) is 0 Å². The normalized spacial score (nSPS) is 16.9. The molecule has 10 heteroatoms. The van der Waals surface area contributed by atoms with Crippen LogP contribution in [0.5, 0.6) is 0 Å². The molecule has 0 amide bonds. The second-order valence-electron chi connectivity index (χ2n) is 20.4. The van der Waals surface area contributed by atoms with Crippen LogP contribution in [0.15, 0.2) is 227 Å². The highest BCUT2D eigenvalue weighted by molar-refractivity contribution is 9.10. The summed E-state index contributed by atoms with van der Waals surface area (Å²) in [6, 6.07) is 79.4. The Morgan fingerprint density at radius 2 is 0.457 bits per heavy atom. The zero-order valence-corrected chi connectivity index (χ0v) is 46.5.